The van der Waals surface area contributed by atoms with E-state index in [-0.39, 0.29) is 11.9 Å². The van der Waals surface area contributed by atoms with Gasteiger partial charge in [0.2, 0.25) is 0 Å². The van der Waals surface area contributed by atoms with Gasteiger partial charge in [-0.1, -0.05) is 11.6 Å². The number of morpholine rings is 1. The summed E-state index contributed by atoms with van der Waals surface area (Å²) >= 11 is 5.67. The van der Waals surface area contributed by atoms with Crippen molar-refractivity contribution in [2.24, 2.45) is 0 Å². The summed E-state index contributed by atoms with van der Waals surface area (Å²) in [7, 11) is 0. The number of fused-ring (bicyclic) bond motifs is 1. The Kier molecular flexibility index (Phi) is 3.86. The van der Waals surface area contributed by atoms with Gasteiger partial charge < -0.3 is 10.1 Å². The lowest BCUT2D eigenvalue weighted by molar-refractivity contribution is -0.0416. The first-order valence-electron chi connectivity index (χ1n) is 6.63. The molecule has 3 rings (SSSR count). The SMILES string of the molecule is Fc1cc(Cl)cnc1NCC1CN2CCCC2CO1. The molecule has 0 amide bonds. The summed E-state index contributed by atoms with van der Waals surface area (Å²) in [6, 6.07) is 1.84. The van der Waals surface area contributed by atoms with Crippen molar-refractivity contribution >= 4 is 17.4 Å². The molecule has 1 aromatic heterocycles. The molecule has 0 aromatic carbocycles. The van der Waals surface area contributed by atoms with Crippen molar-refractivity contribution < 1.29 is 9.13 Å². The highest BCUT2D eigenvalue weighted by Crippen LogP contribution is 2.23. The van der Waals surface area contributed by atoms with Crippen LogP contribution in [0.5, 0.6) is 0 Å². The van der Waals surface area contributed by atoms with Gasteiger partial charge >= 0.3 is 0 Å². The van der Waals surface area contributed by atoms with E-state index < -0.39 is 5.82 Å². The molecule has 2 saturated heterocycles. The van der Waals surface area contributed by atoms with Gasteiger partial charge in [-0.3, -0.25) is 4.90 Å². The van der Waals surface area contributed by atoms with E-state index in [1.165, 1.54) is 25.1 Å². The van der Waals surface area contributed by atoms with Crippen LogP contribution >= 0.6 is 11.6 Å². The van der Waals surface area contributed by atoms with Crippen molar-refractivity contribution in [3.8, 4) is 0 Å². The molecule has 2 fully saturated rings. The minimum Gasteiger partial charge on any atom is -0.373 e. The van der Waals surface area contributed by atoms with Crippen LogP contribution in [0.3, 0.4) is 0 Å². The van der Waals surface area contributed by atoms with E-state index in [9.17, 15) is 4.39 Å². The first-order valence-corrected chi connectivity index (χ1v) is 7.01. The molecule has 0 radical (unpaired) electrons. The lowest BCUT2D eigenvalue weighted by atomic mass is 10.2. The summed E-state index contributed by atoms with van der Waals surface area (Å²) < 4.78 is 19.4. The van der Waals surface area contributed by atoms with Crippen molar-refractivity contribution in [1.29, 1.82) is 0 Å². The largest absolute Gasteiger partial charge is 0.373 e. The number of hydrogen-bond donors (Lipinski definition) is 1. The summed E-state index contributed by atoms with van der Waals surface area (Å²) in [6.07, 6.45) is 4.01. The van der Waals surface area contributed by atoms with E-state index in [0.717, 1.165) is 19.7 Å². The summed E-state index contributed by atoms with van der Waals surface area (Å²) in [5.74, 6) is -0.195. The standard InChI is InChI=1S/C13H17ClFN3O/c14-9-4-12(15)13(16-5-9)17-6-11-7-18-3-1-2-10(18)8-19-11/h4-5,10-11H,1-3,6-8H2,(H,16,17). The molecule has 3 heterocycles. The molecule has 0 saturated carbocycles. The van der Waals surface area contributed by atoms with Gasteiger partial charge in [0, 0.05) is 25.3 Å². The zero-order valence-electron chi connectivity index (χ0n) is 10.6. The second-order valence-corrected chi connectivity index (χ2v) is 5.55. The fourth-order valence-corrected chi connectivity index (χ4v) is 2.91. The van der Waals surface area contributed by atoms with Crippen LogP contribution in [0, 0.1) is 5.82 Å². The lowest BCUT2D eigenvalue weighted by Gasteiger charge is -2.35. The zero-order valence-corrected chi connectivity index (χ0v) is 11.4. The predicted molar refractivity (Wildman–Crippen MR) is 72.0 cm³/mol. The smallest absolute Gasteiger partial charge is 0.166 e. The molecule has 2 aliphatic heterocycles. The number of ether oxygens (including phenoxy) is 1. The highest BCUT2D eigenvalue weighted by molar-refractivity contribution is 6.30. The van der Waals surface area contributed by atoms with Gasteiger partial charge in [-0.25, -0.2) is 9.37 Å². The van der Waals surface area contributed by atoms with E-state index in [1.807, 2.05) is 0 Å². The monoisotopic (exact) mass is 285 g/mol. The normalized spacial score (nSPS) is 27.3. The van der Waals surface area contributed by atoms with E-state index >= 15 is 0 Å². The van der Waals surface area contributed by atoms with E-state index in [2.05, 4.69) is 15.2 Å². The summed E-state index contributed by atoms with van der Waals surface area (Å²) in [5, 5.41) is 3.30. The Hall–Kier alpha value is -0.910. The molecule has 104 valence electrons. The van der Waals surface area contributed by atoms with Gasteiger partial charge in [0.25, 0.3) is 0 Å². The fraction of sp³-hybridized carbons (Fsp3) is 0.615. The van der Waals surface area contributed by atoms with Crippen LogP contribution in [0.4, 0.5) is 10.2 Å². The fourth-order valence-electron chi connectivity index (χ4n) is 2.76. The predicted octanol–water partition coefficient (Wildman–Crippen LogP) is 2.15. The number of nitrogens with zero attached hydrogens (tertiary/aromatic N) is 2. The maximum atomic E-state index is 13.6. The number of halogens is 2. The van der Waals surface area contributed by atoms with Crippen LogP contribution in [0.25, 0.3) is 0 Å². The molecule has 6 heteroatoms. The Bertz CT molecular complexity index is 460. The van der Waals surface area contributed by atoms with Crippen molar-refractivity contribution in [1.82, 2.24) is 9.88 Å². The molecular weight excluding hydrogens is 269 g/mol. The molecule has 0 bridgehead atoms. The molecule has 1 N–H and O–H groups in total. The van der Waals surface area contributed by atoms with Crippen LogP contribution in [-0.4, -0.2) is 48.3 Å². The highest BCUT2D eigenvalue weighted by atomic mass is 35.5. The second kappa shape index (κ2) is 5.61. The average molecular weight is 286 g/mol. The quantitative estimate of drug-likeness (QED) is 0.923. The number of rotatable bonds is 3. The number of nitrogens with one attached hydrogen (secondary N) is 1. The summed E-state index contributed by atoms with van der Waals surface area (Å²) in [6.45, 7) is 3.41. The molecule has 2 aliphatic rings. The van der Waals surface area contributed by atoms with Crippen LogP contribution in [0.2, 0.25) is 5.02 Å². The third-order valence-corrected chi connectivity index (χ3v) is 3.97. The first kappa shape index (κ1) is 13.1. The van der Waals surface area contributed by atoms with E-state index in [4.69, 9.17) is 16.3 Å². The van der Waals surface area contributed by atoms with Gasteiger partial charge in [-0.05, 0) is 25.5 Å². The number of anilines is 1. The molecular formula is C13H17ClFN3O. The van der Waals surface area contributed by atoms with Gasteiger partial charge in [0.15, 0.2) is 11.6 Å². The minimum atomic E-state index is -0.428. The van der Waals surface area contributed by atoms with Gasteiger partial charge in [0.05, 0.1) is 17.7 Å². The van der Waals surface area contributed by atoms with Crippen LogP contribution in [-0.2, 0) is 4.74 Å². The maximum absolute atomic E-state index is 13.6. The molecule has 0 aliphatic carbocycles. The maximum Gasteiger partial charge on any atom is 0.166 e. The summed E-state index contributed by atoms with van der Waals surface area (Å²) in [5.41, 5.74) is 0. The Labute approximate surface area is 116 Å². The first-order chi connectivity index (χ1) is 9.22. The van der Waals surface area contributed by atoms with Crippen molar-refractivity contribution in [2.45, 2.75) is 25.0 Å². The van der Waals surface area contributed by atoms with Crippen molar-refractivity contribution in [3.05, 3.63) is 23.1 Å². The zero-order chi connectivity index (χ0) is 13.2. The Morgan fingerprint density at radius 1 is 1.58 bits per heavy atom. The molecule has 19 heavy (non-hydrogen) atoms. The highest BCUT2D eigenvalue weighted by Gasteiger charge is 2.32. The summed E-state index contributed by atoms with van der Waals surface area (Å²) in [4.78, 5) is 6.40. The Morgan fingerprint density at radius 2 is 2.47 bits per heavy atom. The van der Waals surface area contributed by atoms with Crippen molar-refractivity contribution in [3.63, 3.8) is 0 Å². The molecule has 1 aromatic rings. The minimum absolute atomic E-state index is 0.0891. The average Bonchev–Trinajstić information content (AvgIpc) is 2.85. The molecule has 4 nitrogen and oxygen atoms in total. The Balaban J connectivity index is 1.54. The van der Waals surface area contributed by atoms with Crippen LogP contribution in [0.15, 0.2) is 12.3 Å². The molecule has 2 atom stereocenters. The second-order valence-electron chi connectivity index (χ2n) is 5.11. The Morgan fingerprint density at radius 3 is 3.32 bits per heavy atom. The number of aromatic nitrogens is 1. The topological polar surface area (TPSA) is 37.4 Å². The molecule has 2 unspecified atom stereocenters. The molecule has 0 spiro atoms. The third kappa shape index (κ3) is 2.99. The van der Waals surface area contributed by atoms with E-state index in [0.29, 0.717) is 17.6 Å². The van der Waals surface area contributed by atoms with Crippen LogP contribution < -0.4 is 5.32 Å². The van der Waals surface area contributed by atoms with Gasteiger partial charge in [0.1, 0.15) is 0 Å². The number of hydrogen-bond acceptors (Lipinski definition) is 4. The van der Waals surface area contributed by atoms with Crippen LogP contribution in [0.1, 0.15) is 12.8 Å². The number of pyridine rings is 1. The lowest BCUT2D eigenvalue weighted by Crippen LogP contribution is -2.48. The third-order valence-electron chi connectivity index (χ3n) is 3.77. The van der Waals surface area contributed by atoms with Crippen molar-refractivity contribution in [2.75, 3.05) is 31.6 Å². The van der Waals surface area contributed by atoms with Gasteiger partial charge in [-0.15, -0.1) is 0 Å². The van der Waals surface area contributed by atoms with Gasteiger partial charge in [-0.2, -0.15) is 0 Å². The van der Waals surface area contributed by atoms with E-state index in [1.54, 1.807) is 0 Å².